The zero-order valence-electron chi connectivity index (χ0n) is 15.3. The lowest BCUT2D eigenvalue weighted by molar-refractivity contribution is 0.327. The van der Waals surface area contributed by atoms with Gasteiger partial charge in [-0.3, -0.25) is 0 Å². The highest BCUT2D eigenvalue weighted by atomic mass is 32.2. The molecule has 3 nitrogen and oxygen atoms in total. The molecule has 23 heavy (non-hydrogen) atoms. The molecule has 0 unspecified atom stereocenters. The Morgan fingerprint density at radius 2 is 1.83 bits per heavy atom. The second kappa shape index (κ2) is 8.17. The maximum Gasteiger partial charge on any atom is 0.192 e. The molecular formula is C18H29NO2SSi. The summed E-state index contributed by atoms with van der Waals surface area (Å²) >= 11 is 0. The van der Waals surface area contributed by atoms with Crippen LogP contribution in [0.25, 0.3) is 0 Å². The third-order valence-corrected chi connectivity index (χ3v) is 9.70. The molecule has 0 amide bonds. The first kappa shape index (κ1) is 20.0. The van der Waals surface area contributed by atoms with Crippen LogP contribution in [0.15, 0.2) is 45.2 Å². The average molecular weight is 352 g/mol. The molecule has 128 valence electrons. The number of allylic oxidation sites excluding steroid dienone is 1. The van der Waals surface area contributed by atoms with Gasteiger partial charge in [0.25, 0.3) is 0 Å². The topological polar surface area (TPSA) is 38.7 Å². The highest BCUT2D eigenvalue weighted by molar-refractivity contribution is 7.83. The summed E-state index contributed by atoms with van der Waals surface area (Å²) in [5, 5.41) is 0.204. The molecular weight excluding hydrogens is 322 g/mol. The zero-order chi connectivity index (χ0) is 17.7. The molecule has 1 atom stereocenters. The molecule has 1 aromatic carbocycles. The van der Waals surface area contributed by atoms with Gasteiger partial charge in [-0.05, 0) is 49.7 Å². The minimum Gasteiger partial charge on any atom is -0.413 e. The van der Waals surface area contributed by atoms with Gasteiger partial charge in [-0.2, -0.15) is 4.40 Å². The predicted molar refractivity (Wildman–Crippen MR) is 103 cm³/mol. The molecule has 1 rings (SSSR count). The SMILES string of the molecule is CC(/C=N/[S@@](=O)c1ccc(C)cc1)=C\CO[Si](C)(C)C(C)(C)C. The average Bonchev–Trinajstić information content (AvgIpc) is 2.44. The summed E-state index contributed by atoms with van der Waals surface area (Å²) in [6.45, 7) is 15.7. The molecule has 0 aliphatic heterocycles. The Hall–Kier alpha value is -1.04. The van der Waals surface area contributed by atoms with Gasteiger partial charge in [0.1, 0.15) is 0 Å². The van der Waals surface area contributed by atoms with Gasteiger partial charge in [-0.15, -0.1) is 0 Å². The molecule has 0 aliphatic rings. The fraction of sp³-hybridized carbons (Fsp3) is 0.500. The third-order valence-electron chi connectivity index (χ3n) is 4.23. The molecule has 0 radical (unpaired) electrons. The summed E-state index contributed by atoms with van der Waals surface area (Å²) < 4.78 is 22.3. The molecule has 0 aliphatic carbocycles. The Labute approximate surface area is 144 Å². The minimum absolute atomic E-state index is 0.204. The van der Waals surface area contributed by atoms with Crippen LogP contribution >= 0.6 is 0 Å². The van der Waals surface area contributed by atoms with Gasteiger partial charge in [0.05, 0.1) is 11.5 Å². The smallest absolute Gasteiger partial charge is 0.192 e. The van der Waals surface area contributed by atoms with Crippen LogP contribution in [0.1, 0.15) is 33.3 Å². The number of hydrogen-bond acceptors (Lipinski definition) is 2. The molecule has 1 aromatic rings. The van der Waals surface area contributed by atoms with Gasteiger partial charge >= 0.3 is 0 Å². The molecule has 0 saturated heterocycles. The molecule has 5 heteroatoms. The van der Waals surface area contributed by atoms with Crippen molar-refractivity contribution < 1.29 is 8.63 Å². The summed E-state index contributed by atoms with van der Waals surface area (Å²) in [7, 11) is -3.08. The first-order chi connectivity index (χ1) is 10.5. The van der Waals surface area contributed by atoms with E-state index in [0.29, 0.717) is 6.61 Å². The van der Waals surface area contributed by atoms with E-state index in [-0.39, 0.29) is 5.04 Å². The molecule has 0 N–H and O–H groups in total. The maximum atomic E-state index is 12.1. The second-order valence-corrected chi connectivity index (χ2v) is 13.3. The van der Waals surface area contributed by atoms with Crippen molar-refractivity contribution in [1.82, 2.24) is 0 Å². The first-order valence-electron chi connectivity index (χ1n) is 7.86. The number of hydrogen-bond donors (Lipinski definition) is 0. The number of nitrogens with zero attached hydrogens (tertiary/aromatic N) is 1. The lowest BCUT2D eigenvalue weighted by Crippen LogP contribution is -2.40. The second-order valence-electron chi connectivity index (χ2n) is 7.32. The minimum atomic E-state index is -1.72. The van der Waals surface area contributed by atoms with Gasteiger partial charge in [0.2, 0.25) is 0 Å². The van der Waals surface area contributed by atoms with E-state index in [9.17, 15) is 4.21 Å². The van der Waals surface area contributed by atoms with E-state index in [1.54, 1.807) is 6.21 Å². The van der Waals surface area contributed by atoms with Crippen molar-refractivity contribution in [3.05, 3.63) is 41.5 Å². The quantitative estimate of drug-likeness (QED) is 0.531. The summed E-state index contributed by atoms with van der Waals surface area (Å²) in [5.74, 6) is 0. The van der Waals surface area contributed by atoms with Crippen LogP contribution in [-0.2, 0) is 15.4 Å². The standard InChI is InChI=1S/C18H29NO2SSi/c1-15-8-10-17(11-9-15)22(20)19-14-16(2)12-13-21-23(6,7)18(3,4)5/h8-12,14H,13H2,1-7H3/b16-12+,19-14+/t22-/m0/s1. The largest absolute Gasteiger partial charge is 0.413 e. The molecule has 0 aromatic heterocycles. The number of aryl methyl sites for hydroxylation is 1. The van der Waals surface area contributed by atoms with Crippen LogP contribution in [0, 0.1) is 6.92 Å². The van der Waals surface area contributed by atoms with Crippen molar-refractivity contribution in [2.24, 2.45) is 4.40 Å². The van der Waals surface area contributed by atoms with Crippen molar-refractivity contribution in [2.75, 3.05) is 6.61 Å². The zero-order valence-corrected chi connectivity index (χ0v) is 17.2. The van der Waals surface area contributed by atoms with E-state index in [1.807, 2.05) is 44.2 Å². The van der Waals surface area contributed by atoms with Crippen LogP contribution in [0.3, 0.4) is 0 Å². The van der Waals surface area contributed by atoms with Crippen LogP contribution in [-0.4, -0.2) is 25.3 Å². The summed E-state index contributed by atoms with van der Waals surface area (Å²) in [6, 6.07) is 7.59. The van der Waals surface area contributed by atoms with Crippen molar-refractivity contribution in [2.45, 2.75) is 57.6 Å². The molecule has 0 bridgehead atoms. The predicted octanol–water partition coefficient (Wildman–Crippen LogP) is 5.06. The lowest BCUT2D eigenvalue weighted by Gasteiger charge is -2.35. The van der Waals surface area contributed by atoms with Crippen molar-refractivity contribution in [1.29, 1.82) is 0 Å². The molecule has 0 spiro atoms. The Kier molecular flexibility index (Phi) is 7.11. The first-order valence-corrected chi connectivity index (χ1v) is 11.9. The summed E-state index contributed by atoms with van der Waals surface area (Å²) in [6.07, 6.45) is 3.65. The fourth-order valence-electron chi connectivity index (χ4n) is 1.50. The number of benzene rings is 1. The van der Waals surface area contributed by atoms with Crippen LogP contribution in [0.4, 0.5) is 0 Å². The van der Waals surface area contributed by atoms with Gasteiger partial charge in [0.15, 0.2) is 19.3 Å². The van der Waals surface area contributed by atoms with Gasteiger partial charge in [-0.1, -0.05) is 44.5 Å². The van der Waals surface area contributed by atoms with Gasteiger partial charge in [-0.25, -0.2) is 4.21 Å². The van der Waals surface area contributed by atoms with E-state index in [0.717, 1.165) is 16.0 Å². The van der Waals surface area contributed by atoms with Gasteiger partial charge < -0.3 is 4.43 Å². The Morgan fingerprint density at radius 3 is 2.35 bits per heavy atom. The monoisotopic (exact) mass is 351 g/mol. The van der Waals surface area contributed by atoms with E-state index in [4.69, 9.17) is 4.43 Å². The Morgan fingerprint density at radius 1 is 1.26 bits per heavy atom. The van der Waals surface area contributed by atoms with E-state index >= 15 is 0 Å². The molecule has 0 saturated carbocycles. The highest BCUT2D eigenvalue weighted by Gasteiger charge is 2.36. The van der Waals surface area contributed by atoms with Crippen LogP contribution < -0.4 is 0 Å². The molecule has 0 fully saturated rings. The highest BCUT2D eigenvalue weighted by Crippen LogP contribution is 2.36. The third kappa shape index (κ3) is 6.53. The fourth-order valence-corrected chi connectivity index (χ4v) is 3.18. The van der Waals surface area contributed by atoms with Crippen molar-refractivity contribution >= 4 is 25.5 Å². The van der Waals surface area contributed by atoms with Crippen molar-refractivity contribution in [3.8, 4) is 0 Å². The molecule has 0 heterocycles. The van der Waals surface area contributed by atoms with Crippen LogP contribution in [0.5, 0.6) is 0 Å². The van der Waals surface area contributed by atoms with Gasteiger partial charge in [0, 0.05) is 6.21 Å². The Balaban J connectivity index is 2.59. The normalized spacial score (nSPS) is 15.2. The Bertz CT molecular complexity index is 598. The van der Waals surface area contributed by atoms with Crippen LogP contribution in [0.2, 0.25) is 18.1 Å². The van der Waals surface area contributed by atoms with E-state index < -0.39 is 19.3 Å². The summed E-state index contributed by atoms with van der Waals surface area (Å²) in [5.41, 5.74) is 2.11. The summed E-state index contributed by atoms with van der Waals surface area (Å²) in [4.78, 5) is 0.720. The van der Waals surface area contributed by atoms with E-state index in [2.05, 4.69) is 38.3 Å². The van der Waals surface area contributed by atoms with Crippen molar-refractivity contribution in [3.63, 3.8) is 0 Å². The lowest BCUT2D eigenvalue weighted by atomic mass is 10.2. The number of rotatable bonds is 6. The van der Waals surface area contributed by atoms with E-state index in [1.165, 1.54) is 0 Å². The maximum absolute atomic E-state index is 12.1.